The fraction of sp³-hybridized carbons (Fsp3) is 0.429. The molecule has 0 aliphatic rings. The van der Waals surface area contributed by atoms with Gasteiger partial charge in [0, 0.05) is 0 Å². The van der Waals surface area contributed by atoms with Gasteiger partial charge in [-0.1, -0.05) is 6.07 Å². The van der Waals surface area contributed by atoms with Crippen molar-refractivity contribution in [3.05, 3.63) is 30.2 Å². The van der Waals surface area contributed by atoms with E-state index in [-0.39, 0.29) is 6.04 Å². The van der Waals surface area contributed by atoms with E-state index in [0.717, 1.165) is 16.7 Å². The maximum Gasteiger partial charge on any atom is 0.181 e. The molecule has 4 heteroatoms. The summed E-state index contributed by atoms with van der Waals surface area (Å²) in [6.45, 7) is 3.89. The minimum atomic E-state index is -0.475. The fourth-order valence-electron chi connectivity index (χ4n) is 2.46. The first-order valence-electron chi connectivity index (χ1n) is 5.86. The molecule has 1 aromatic carbocycles. The van der Waals surface area contributed by atoms with Crippen LogP contribution in [0.15, 0.2) is 29.0 Å². The van der Waals surface area contributed by atoms with Crippen LogP contribution in [0.3, 0.4) is 0 Å². The van der Waals surface area contributed by atoms with E-state index in [1.165, 1.54) is 6.39 Å². The molecule has 0 spiro atoms. The minimum absolute atomic E-state index is 0.0111. The lowest BCUT2D eigenvalue weighted by Crippen LogP contribution is -2.32. The average molecular weight is 243 g/mol. The van der Waals surface area contributed by atoms with Gasteiger partial charge >= 0.3 is 0 Å². The summed E-state index contributed by atoms with van der Waals surface area (Å²) < 4.78 is 5.32. The standard InChI is InChI=1S/C14H17N3O/c1-14(2,8-15)13(17(3)4)10-5-6-11-12(7-10)18-9-16-11/h5-7,9,13H,1-4H3. The van der Waals surface area contributed by atoms with Crippen molar-refractivity contribution in [3.63, 3.8) is 0 Å². The van der Waals surface area contributed by atoms with Crippen molar-refractivity contribution >= 4 is 11.1 Å². The molecule has 2 aromatic rings. The molecule has 0 radical (unpaired) electrons. The van der Waals surface area contributed by atoms with Gasteiger partial charge in [0.2, 0.25) is 0 Å². The van der Waals surface area contributed by atoms with Crippen molar-refractivity contribution in [2.24, 2.45) is 5.41 Å². The summed E-state index contributed by atoms with van der Waals surface area (Å²) in [6, 6.07) is 8.29. The van der Waals surface area contributed by atoms with Crippen LogP contribution in [0.25, 0.3) is 11.1 Å². The van der Waals surface area contributed by atoms with E-state index >= 15 is 0 Å². The lowest BCUT2D eigenvalue weighted by Gasteiger charge is -2.34. The molecule has 1 heterocycles. The molecule has 0 aliphatic carbocycles. The van der Waals surface area contributed by atoms with Gasteiger partial charge in [0.25, 0.3) is 0 Å². The normalized spacial score (nSPS) is 13.8. The Morgan fingerprint density at radius 2 is 2.11 bits per heavy atom. The number of oxazole rings is 1. The Morgan fingerprint density at radius 1 is 1.39 bits per heavy atom. The molecule has 18 heavy (non-hydrogen) atoms. The Hall–Kier alpha value is -1.86. The van der Waals surface area contributed by atoms with Gasteiger partial charge in [-0.05, 0) is 45.6 Å². The van der Waals surface area contributed by atoms with Crippen molar-refractivity contribution < 1.29 is 4.42 Å². The van der Waals surface area contributed by atoms with E-state index < -0.39 is 5.41 Å². The van der Waals surface area contributed by atoms with Crippen LogP contribution >= 0.6 is 0 Å². The molecular weight excluding hydrogens is 226 g/mol. The highest BCUT2D eigenvalue weighted by Gasteiger charge is 2.32. The van der Waals surface area contributed by atoms with Crippen molar-refractivity contribution in [3.8, 4) is 6.07 Å². The Bertz CT molecular complexity index is 592. The summed E-state index contributed by atoms with van der Waals surface area (Å²) in [4.78, 5) is 6.16. The Kier molecular flexibility index (Phi) is 3.10. The molecule has 0 amide bonds. The van der Waals surface area contributed by atoms with Crippen LogP contribution in [0.2, 0.25) is 0 Å². The van der Waals surface area contributed by atoms with Gasteiger partial charge in [-0.25, -0.2) is 4.98 Å². The number of aromatic nitrogens is 1. The second kappa shape index (κ2) is 4.43. The van der Waals surface area contributed by atoms with Crippen molar-refractivity contribution in [2.45, 2.75) is 19.9 Å². The molecule has 1 atom stereocenters. The van der Waals surface area contributed by atoms with Crippen LogP contribution in [0.1, 0.15) is 25.5 Å². The van der Waals surface area contributed by atoms with Crippen LogP contribution in [0.4, 0.5) is 0 Å². The molecule has 0 bridgehead atoms. The van der Waals surface area contributed by atoms with Gasteiger partial charge < -0.3 is 9.32 Å². The van der Waals surface area contributed by atoms with Gasteiger partial charge in [-0.2, -0.15) is 5.26 Å². The van der Waals surface area contributed by atoms with Gasteiger partial charge in [0.15, 0.2) is 12.0 Å². The van der Waals surface area contributed by atoms with Gasteiger partial charge in [0.1, 0.15) is 5.52 Å². The molecule has 0 aliphatic heterocycles. The van der Waals surface area contributed by atoms with E-state index in [2.05, 4.69) is 16.0 Å². The molecule has 2 rings (SSSR count). The van der Waals surface area contributed by atoms with E-state index in [1.54, 1.807) is 0 Å². The summed E-state index contributed by atoms with van der Waals surface area (Å²) in [5, 5.41) is 9.34. The fourth-order valence-corrected chi connectivity index (χ4v) is 2.46. The first-order chi connectivity index (χ1) is 8.45. The largest absolute Gasteiger partial charge is 0.443 e. The van der Waals surface area contributed by atoms with Crippen molar-refractivity contribution in [1.82, 2.24) is 9.88 Å². The monoisotopic (exact) mass is 243 g/mol. The molecule has 1 aromatic heterocycles. The number of benzene rings is 1. The third-order valence-electron chi connectivity index (χ3n) is 3.16. The maximum atomic E-state index is 9.34. The smallest absolute Gasteiger partial charge is 0.181 e. The summed E-state index contributed by atoms with van der Waals surface area (Å²) in [5.74, 6) is 0. The van der Waals surface area contributed by atoms with Crippen molar-refractivity contribution in [1.29, 1.82) is 5.26 Å². The number of hydrogen-bond donors (Lipinski definition) is 0. The van der Waals surface area contributed by atoms with Gasteiger partial charge in [-0.15, -0.1) is 0 Å². The van der Waals surface area contributed by atoms with E-state index in [0.29, 0.717) is 0 Å². The first kappa shape index (κ1) is 12.6. The minimum Gasteiger partial charge on any atom is -0.443 e. The molecule has 94 valence electrons. The lowest BCUT2D eigenvalue weighted by molar-refractivity contribution is 0.185. The van der Waals surface area contributed by atoms with E-state index in [9.17, 15) is 5.26 Å². The quantitative estimate of drug-likeness (QED) is 0.831. The maximum absolute atomic E-state index is 9.34. The zero-order chi connectivity index (χ0) is 13.3. The van der Waals surface area contributed by atoms with Gasteiger partial charge in [0.05, 0.1) is 17.5 Å². The number of fused-ring (bicyclic) bond motifs is 1. The third-order valence-corrected chi connectivity index (χ3v) is 3.16. The SMILES string of the molecule is CN(C)C(c1ccc2ncoc2c1)C(C)(C)C#N. The van der Waals surface area contributed by atoms with Crippen molar-refractivity contribution in [2.75, 3.05) is 14.1 Å². The average Bonchev–Trinajstić information content (AvgIpc) is 2.75. The topological polar surface area (TPSA) is 53.1 Å². The molecule has 4 nitrogen and oxygen atoms in total. The van der Waals surface area contributed by atoms with Crippen LogP contribution in [-0.4, -0.2) is 24.0 Å². The highest BCUT2D eigenvalue weighted by atomic mass is 16.3. The first-order valence-corrected chi connectivity index (χ1v) is 5.86. The predicted molar refractivity (Wildman–Crippen MR) is 69.8 cm³/mol. The van der Waals surface area contributed by atoms with E-state index in [4.69, 9.17) is 4.42 Å². The molecular formula is C14H17N3O. The molecule has 0 saturated carbocycles. The van der Waals surface area contributed by atoms with E-state index in [1.807, 2.05) is 46.1 Å². The number of rotatable bonds is 3. The summed E-state index contributed by atoms with van der Waals surface area (Å²) in [6.07, 6.45) is 1.44. The molecule has 0 N–H and O–H groups in total. The number of nitrogens with zero attached hydrogens (tertiary/aromatic N) is 3. The zero-order valence-electron chi connectivity index (χ0n) is 11.1. The van der Waals surface area contributed by atoms with Crippen LogP contribution in [0.5, 0.6) is 0 Å². The van der Waals surface area contributed by atoms with Gasteiger partial charge in [-0.3, -0.25) is 0 Å². The van der Waals surface area contributed by atoms with Crippen LogP contribution < -0.4 is 0 Å². The molecule has 0 saturated heterocycles. The third kappa shape index (κ3) is 2.09. The summed E-state index contributed by atoms with van der Waals surface area (Å²) >= 11 is 0. The second-order valence-electron chi connectivity index (χ2n) is 5.28. The molecule has 0 fully saturated rings. The lowest BCUT2D eigenvalue weighted by atomic mass is 9.81. The van der Waals surface area contributed by atoms with Crippen LogP contribution in [0, 0.1) is 16.7 Å². The molecule has 1 unspecified atom stereocenters. The summed E-state index contributed by atoms with van der Waals surface area (Å²) in [7, 11) is 3.96. The zero-order valence-corrected chi connectivity index (χ0v) is 11.1. The Labute approximate surface area is 107 Å². The Balaban J connectivity index is 2.52. The predicted octanol–water partition coefficient (Wildman–Crippen LogP) is 2.98. The second-order valence-corrected chi connectivity index (χ2v) is 5.28. The Morgan fingerprint density at radius 3 is 2.72 bits per heavy atom. The number of nitriles is 1. The van der Waals surface area contributed by atoms with Crippen LogP contribution in [-0.2, 0) is 0 Å². The number of hydrogen-bond acceptors (Lipinski definition) is 4. The highest BCUT2D eigenvalue weighted by Crippen LogP contribution is 2.37. The highest BCUT2D eigenvalue weighted by molar-refractivity contribution is 5.73. The summed E-state index contributed by atoms with van der Waals surface area (Å²) in [5.41, 5.74) is 2.19.